The highest BCUT2D eigenvalue weighted by Crippen LogP contribution is 2.32. The first-order valence-corrected chi connectivity index (χ1v) is 12.7. The molecule has 1 saturated heterocycles. The third-order valence-corrected chi connectivity index (χ3v) is 8.14. The topological polar surface area (TPSA) is 95.9 Å². The number of carbonyl (C=O) groups is 1. The van der Waals surface area contributed by atoms with Gasteiger partial charge in [0.2, 0.25) is 15.9 Å². The highest BCUT2D eigenvalue weighted by molar-refractivity contribution is 7.89. The third-order valence-electron chi connectivity index (χ3n) is 6.24. The van der Waals surface area contributed by atoms with Gasteiger partial charge in [0, 0.05) is 19.1 Å². The minimum Gasteiger partial charge on any atom is -0.456 e. The van der Waals surface area contributed by atoms with E-state index in [0.29, 0.717) is 38.0 Å². The maximum absolute atomic E-state index is 13.5. The summed E-state index contributed by atoms with van der Waals surface area (Å²) in [5.41, 5.74) is 0. The van der Waals surface area contributed by atoms with Crippen LogP contribution < -0.4 is 10.1 Å². The van der Waals surface area contributed by atoms with Gasteiger partial charge in [0.1, 0.15) is 16.4 Å². The van der Waals surface area contributed by atoms with Gasteiger partial charge >= 0.3 is 0 Å². The number of amides is 1. The molecule has 2 aliphatic rings. The largest absolute Gasteiger partial charge is 0.456 e. The van der Waals surface area contributed by atoms with Gasteiger partial charge in [-0.25, -0.2) is 8.42 Å². The summed E-state index contributed by atoms with van der Waals surface area (Å²) in [6.07, 6.45) is 3.90. The van der Waals surface area contributed by atoms with Gasteiger partial charge in [0.25, 0.3) is 0 Å². The van der Waals surface area contributed by atoms with Crippen molar-refractivity contribution in [1.82, 2.24) is 9.62 Å². The summed E-state index contributed by atoms with van der Waals surface area (Å²) < 4.78 is 34.2. The van der Waals surface area contributed by atoms with E-state index < -0.39 is 10.0 Å². The zero-order chi connectivity index (χ0) is 22.6. The molecule has 172 valence electrons. The second kappa shape index (κ2) is 10.0. The number of nitrogens with one attached hydrogen (secondary N) is 1. The lowest BCUT2D eigenvalue weighted by molar-refractivity contribution is -0.127. The number of hydrogen-bond acceptors (Lipinski definition) is 5. The Bertz CT molecular complexity index is 1020. The van der Waals surface area contributed by atoms with Crippen molar-refractivity contribution in [3.05, 3.63) is 54.6 Å². The second-order valence-electron chi connectivity index (χ2n) is 8.58. The number of para-hydroxylation sites is 2. The minimum absolute atomic E-state index is 0.0536. The predicted octanol–water partition coefficient (Wildman–Crippen LogP) is 3.30. The van der Waals surface area contributed by atoms with Gasteiger partial charge in [-0.05, 0) is 62.8 Å². The van der Waals surface area contributed by atoms with Crippen LogP contribution in [0.25, 0.3) is 0 Å². The fourth-order valence-electron chi connectivity index (χ4n) is 4.42. The van der Waals surface area contributed by atoms with Crippen molar-refractivity contribution in [3.63, 3.8) is 0 Å². The lowest BCUT2D eigenvalue weighted by atomic mass is 9.92. The monoisotopic (exact) mass is 458 g/mol. The van der Waals surface area contributed by atoms with Crippen LogP contribution in [0.1, 0.15) is 38.5 Å². The van der Waals surface area contributed by atoms with Crippen molar-refractivity contribution in [2.75, 3.05) is 13.1 Å². The lowest BCUT2D eigenvalue weighted by Crippen LogP contribution is -2.48. The van der Waals surface area contributed by atoms with Crippen molar-refractivity contribution in [1.29, 1.82) is 0 Å². The number of aliphatic hydroxyl groups excluding tert-OH is 1. The highest BCUT2D eigenvalue weighted by Gasteiger charge is 2.35. The van der Waals surface area contributed by atoms with E-state index in [9.17, 15) is 18.3 Å². The number of hydrogen-bond donors (Lipinski definition) is 2. The quantitative estimate of drug-likeness (QED) is 0.693. The van der Waals surface area contributed by atoms with Gasteiger partial charge < -0.3 is 15.2 Å². The fourth-order valence-corrected chi connectivity index (χ4v) is 6.05. The Labute approximate surface area is 189 Å². The first kappa shape index (κ1) is 22.8. The van der Waals surface area contributed by atoms with Gasteiger partial charge in [-0.1, -0.05) is 30.3 Å². The molecule has 2 aromatic rings. The first-order valence-electron chi connectivity index (χ1n) is 11.2. The van der Waals surface area contributed by atoms with Gasteiger partial charge in [-0.3, -0.25) is 4.79 Å². The molecular weight excluding hydrogens is 428 g/mol. The van der Waals surface area contributed by atoms with Crippen molar-refractivity contribution in [2.24, 2.45) is 5.92 Å². The standard InChI is InChI=1S/C24H30N2O5S/c27-20-14-12-19(13-15-20)25-24(28)18-7-6-16-26(17-18)32(29,30)23-11-5-4-10-22(23)31-21-8-2-1-3-9-21/h1-5,8-11,18-20,27H,6-7,12-17H2,(H,25,28). The number of ether oxygens (including phenoxy) is 1. The molecule has 0 aromatic heterocycles. The Hall–Kier alpha value is -2.42. The van der Waals surface area contributed by atoms with E-state index in [0.717, 1.165) is 12.8 Å². The van der Waals surface area contributed by atoms with Crippen molar-refractivity contribution in [3.8, 4) is 11.5 Å². The molecule has 8 heteroatoms. The lowest BCUT2D eigenvalue weighted by Gasteiger charge is -2.33. The molecule has 1 amide bonds. The molecule has 2 fully saturated rings. The van der Waals surface area contributed by atoms with Crippen LogP contribution in [-0.2, 0) is 14.8 Å². The van der Waals surface area contributed by atoms with Crippen LogP contribution in [0.2, 0.25) is 0 Å². The van der Waals surface area contributed by atoms with E-state index in [-0.39, 0.29) is 41.2 Å². The maximum Gasteiger partial charge on any atom is 0.246 e. The smallest absolute Gasteiger partial charge is 0.246 e. The van der Waals surface area contributed by atoms with Gasteiger partial charge in [-0.2, -0.15) is 4.31 Å². The molecule has 0 radical (unpaired) electrons. The number of nitrogens with zero attached hydrogens (tertiary/aromatic N) is 1. The molecule has 1 aliphatic heterocycles. The third kappa shape index (κ3) is 5.31. The van der Waals surface area contributed by atoms with Crippen LogP contribution in [0.3, 0.4) is 0 Å². The number of piperidine rings is 1. The molecule has 1 aliphatic carbocycles. The van der Waals surface area contributed by atoms with Crippen molar-refractivity contribution >= 4 is 15.9 Å². The van der Waals surface area contributed by atoms with E-state index in [4.69, 9.17) is 4.74 Å². The normalized spacial score (nSPS) is 24.6. The van der Waals surface area contributed by atoms with Crippen LogP contribution in [0, 0.1) is 5.92 Å². The molecule has 2 N–H and O–H groups in total. The number of sulfonamides is 1. The van der Waals surface area contributed by atoms with Crippen LogP contribution in [0.15, 0.2) is 59.5 Å². The SMILES string of the molecule is O=C(NC1CCC(O)CC1)C1CCCN(S(=O)(=O)c2ccccc2Oc2ccccc2)C1. The second-order valence-corrected chi connectivity index (χ2v) is 10.5. The molecule has 0 bridgehead atoms. The predicted molar refractivity (Wildman–Crippen MR) is 121 cm³/mol. The Morgan fingerprint density at radius 2 is 1.66 bits per heavy atom. The van der Waals surface area contributed by atoms with Crippen molar-refractivity contribution < 1.29 is 23.1 Å². The van der Waals surface area contributed by atoms with Crippen LogP contribution in [0.5, 0.6) is 11.5 Å². The van der Waals surface area contributed by atoms with Crippen LogP contribution in [-0.4, -0.2) is 49.0 Å². The zero-order valence-corrected chi connectivity index (χ0v) is 18.8. The fraction of sp³-hybridized carbons (Fsp3) is 0.458. The van der Waals surface area contributed by atoms with E-state index >= 15 is 0 Å². The number of aliphatic hydroxyl groups is 1. The van der Waals surface area contributed by atoms with E-state index in [1.807, 2.05) is 18.2 Å². The van der Waals surface area contributed by atoms with E-state index in [2.05, 4.69) is 5.32 Å². The highest BCUT2D eigenvalue weighted by atomic mass is 32.2. The number of rotatable bonds is 6. The molecular formula is C24H30N2O5S. The Kier molecular flexibility index (Phi) is 7.13. The average molecular weight is 459 g/mol. The number of carbonyl (C=O) groups excluding carboxylic acids is 1. The summed E-state index contributed by atoms with van der Waals surface area (Å²) >= 11 is 0. The molecule has 32 heavy (non-hydrogen) atoms. The first-order chi connectivity index (χ1) is 15.4. The molecule has 7 nitrogen and oxygen atoms in total. The van der Waals surface area contributed by atoms with Crippen molar-refractivity contribution in [2.45, 2.75) is 55.6 Å². The molecule has 1 saturated carbocycles. The summed E-state index contributed by atoms with van der Waals surface area (Å²) in [5, 5.41) is 12.7. The average Bonchev–Trinajstić information content (AvgIpc) is 2.81. The Morgan fingerprint density at radius 3 is 2.41 bits per heavy atom. The maximum atomic E-state index is 13.5. The molecule has 0 spiro atoms. The summed E-state index contributed by atoms with van der Waals surface area (Å²) in [6.45, 7) is 0.532. The minimum atomic E-state index is -3.82. The summed E-state index contributed by atoms with van der Waals surface area (Å²) in [4.78, 5) is 12.9. The molecule has 1 unspecified atom stereocenters. The van der Waals surface area contributed by atoms with Gasteiger partial charge in [0.05, 0.1) is 12.0 Å². The van der Waals surface area contributed by atoms with Gasteiger partial charge in [0.15, 0.2) is 0 Å². The molecule has 4 rings (SSSR count). The Morgan fingerprint density at radius 1 is 0.969 bits per heavy atom. The molecule has 1 heterocycles. The van der Waals surface area contributed by atoms with E-state index in [1.165, 1.54) is 4.31 Å². The summed E-state index contributed by atoms with van der Waals surface area (Å²) in [7, 11) is -3.82. The number of benzene rings is 2. The Balaban J connectivity index is 1.46. The van der Waals surface area contributed by atoms with Crippen LogP contribution in [0.4, 0.5) is 0 Å². The van der Waals surface area contributed by atoms with E-state index in [1.54, 1.807) is 36.4 Å². The van der Waals surface area contributed by atoms with Crippen LogP contribution >= 0.6 is 0 Å². The molecule has 1 atom stereocenters. The summed E-state index contributed by atoms with van der Waals surface area (Å²) in [5.74, 6) is 0.349. The van der Waals surface area contributed by atoms with Gasteiger partial charge in [-0.15, -0.1) is 0 Å². The zero-order valence-electron chi connectivity index (χ0n) is 18.0. The summed E-state index contributed by atoms with van der Waals surface area (Å²) in [6, 6.07) is 15.7. The molecule has 2 aromatic carbocycles.